The Balaban J connectivity index is 1.90. The molecule has 1 N–H and O–H groups in total. The highest BCUT2D eigenvalue weighted by Gasteiger charge is 2.14. The monoisotopic (exact) mass is 245 g/mol. The van der Waals surface area contributed by atoms with Crippen molar-refractivity contribution in [1.29, 1.82) is 0 Å². The van der Waals surface area contributed by atoms with Crippen LogP contribution >= 0.6 is 11.8 Å². The van der Waals surface area contributed by atoms with Gasteiger partial charge in [0.2, 0.25) is 0 Å². The van der Waals surface area contributed by atoms with Gasteiger partial charge in [-0.15, -0.1) is 0 Å². The lowest BCUT2D eigenvalue weighted by atomic mass is 10.2. The molecule has 1 unspecified atom stereocenters. The molecule has 1 saturated heterocycles. The molecule has 1 atom stereocenters. The first-order valence-electron chi connectivity index (χ1n) is 5.13. The molecule has 1 heterocycles. The van der Waals surface area contributed by atoms with Crippen LogP contribution in [0.15, 0.2) is 24.3 Å². The van der Waals surface area contributed by atoms with Crippen molar-refractivity contribution in [2.45, 2.75) is 19.1 Å². The zero-order valence-corrected chi connectivity index (χ0v) is 9.47. The molecule has 16 heavy (non-hydrogen) atoms. The van der Waals surface area contributed by atoms with Crippen molar-refractivity contribution in [2.75, 3.05) is 16.8 Å². The first kappa shape index (κ1) is 11.5. The second kappa shape index (κ2) is 5.39. The lowest BCUT2D eigenvalue weighted by Crippen LogP contribution is -2.17. The molecule has 1 fully saturated rings. The highest BCUT2D eigenvalue weighted by atomic mass is 32.2. The van der Waals surface area contributed by atoms with Crippen molar-refractivity contribution < 1.29 is 13.5 Å². The Labute approximate surface area is 97.4 Å². The molecule has 1 aromatic carbocycles. The molecule has 1 aliphatic heterocycles. The molecule has 0 amide bonds. The number of hydrogen-bond donors (Lipinski definition) is 1. The minimum absolute atomic E-state index is 0.196. The van der Waals surface area contributed by atoms with Gasteiger partial charge in [0.05, 0.1) is 0 Å². The van der Waals surface area contributed by atoms with Crippen LogP contribution in [0, 0.1) is 0 Å². The first-order chi connectivity index (χ1) is 7.74. The van der Waals surface area contributed by atoms with Crippen molar-refractivity contribution in [3.05, 3.63) is 24.3 Å². The summed E-state index contributed by atoms with van der Waals surface area (Å²) in [6.07, 6.45) is 1.15. The molecule has 1 aliphatic rings. The minimum Gasteiger partial charge on any atom is -0.435 e. The molecule has 2 nitrogen and oxygen atoms in total. The van der Waals surface area contributed by atoms with E-state index < -0.39 is 6.61 Å². The zero-order chi connectivity index (χ0) is 11.4. The quantitative estimate of drug-likeness (QED) is 0.880. The summed E-state index contributed by atoms with van der Waals surface area (Å²) in [5.74, 6) is 2.49. The number of ether oxygens (including phenoxy) is 1. The summed E-state index contributed by atoms with van der Waals surface area (Å²) in [5.41, 5.74) is 0.953. The fourth-order valence-corrected chi connectivity index (χ4v) is 2.77. The molecule has 0 aromatic heterocycles. The van der Waals surface area contributed by atoms with Crippen molar-refractivity contribution in [3.63, 3.8) is 0 Å². The Hall–Kier alpha value is -0.970. The van der Waals surface area contributed by atoms with Crippen LogP contribution in [0.5, 0.6) is 5.75 Å². The van der Waals surface area contributed by atoms with Crippen LogP contribution in [0.3, 0.4) is 0 Å². The molecular weight excluding hydrogens is 232 g/mol. The summed E-state index contributed by atoms with van der Waals surface area (Å²) in [4.78, 5) is 0. The number of nitrogens with one attached hydrogen (secondary N) is 1. The van der Waals surface area contributed by atoms with E-state index >= 15 is 0 Å². The maximum Gasteiger partial charge on any atom is 0.387 e. The van der Waals surface area contributed by atoms with Crippen LogP contribution in [0.2, 0.25) is 0 Å². The SMILES string of the molecule is FC(F)Oc1ccc(NC2CCSC2)cc1. The van der Waals surface area contributed by atoms with Crippen LogP contribution in [0.1, 0.15) is 6.42 Å². The lowest BCUT2D eigenvalue weighted by molar-refractivity contribution is -0.0498. The third-order valence-corrected chi connectivity index (χ3v) is 3.54. The van der Waals surface area contributed by atoms with Crippen LogP contribution < -0.4 is 10.1 Å². The predicted molar refractivity (Wildman–Crippen MR) is 62.4 cm³/mol. The fraction of sp³-hybridized carbons (Fsp3) is 0.455. The van der Waals surface area contributed by atoms with E-state index in [4.69, 9.17) is 0 Å². The Morgan fingerprint density at radius 3 is 2.62 bits per heavy atom. The smallest absolute Gasteiger partial charge is 0.387 e. The summed E-state index contributed by atoms with van der Waals surface area (Å²) < 4.78 is 28.1. The predicted octanol–water partition coefficient (Wildman–Crippen LogP) is 3.21. The second-order valence-corrected chi connectivity index (χ2v) is 4.76. The molecule has 1 aromatic rings. The largest absolute Gasteiger partial charge is 0.435 e. The van der Waals surface area contributed by atoms with E-state index in [0.717, 1.165) is 17.9 Å². The summed E-state index contributed by atoms with van der Waals surface area (Å²) in [7, 11) is 0. The van der Waals surface area contributed by atoms with E-state index in [-0.39, 0.29) is 5.75 Å². The van der Waals surface area contributed by atoms with Gasteiger partial charge in [-0.3, -0.25) is 0 Å². The van der Waals surface area contributed by atoms with Gasteiger partial charge in [-0.2, -0.15) is 20.5 Å². The third-order valence-electron chi connectivity index (χ3n) is 2.38. The molecule has 0 aliphatic carbocycles. The Kier molecular flexibility index (Phi) is 3.88. The number of anilines is 1. The fourth-order valence-electron chi connectivity index (χ4n) is 1.62. The topological polar surface area (TPSA) is 21.3 Å². The van der Waals surface area contributed by atoms with Crippen LogP contribution in [0.25, 0.3) is 0 Å². The molecule has 5 heteroatoms. The standard InChI is InChI=1S/C11H13F2NOS/c12-11(13)15-10-3-1-8(2-4-10)14-9-5-6-16-7-9/h1-4,9,11,14H,5-7H2. The third kappa shape index (κ3) is 3.27. The number of halogens is 2. The van der Waals surface area contributed by atoms with E-state index in [1.165, 1.54) is 5.75 Å². The van der Waals surface area contributed by atoms with Crippen LogP contribution in [-0.2, 0) is 0 Å². The average Bonchev–Trinajstić information content (AvgIpc) is 2.73. The number of rotatable bonds is 4. The average molecular weight is 245 g/mol. The molecular formula is C11H13F2NOS. The Bertz CT molecular complexity index is 325. The molecule has 0 spiro atoms. The maximum atomic E-state index is 11.9. The Morgan fingerprint density at radius 2 is 2.06 bits per heavy atom. The first-order valence-corrected chi connectivity index (χ1v) is 6.28. The minimum atomic E-state index is -2.76. The number of benzene rings is 1. The lowest BCUT2D eigenvalue weighted by Gasteiger charge is -2.13. The van der Waals surface area contributed by atoms with Gasteiger partial charge in [0.25, 0.3) is 0 Å². The van der Waals surface area contributed by atoms with Gasteiger partial charge in [-0.1, -0.05) is 0 Å². The van der Waals surface area contributed by atoms with Gasteiger partial charge in [0.15, 0.2) is 0 Å². The van der Waals surface area contributed by atoms with Crippen molar-refractivity contribution in [3.8, 4) is 5.75 Å². The van der Waals surface area contributed by atoms with Gasteiger partial charge < -0.3 is 10.1 Å². The normalized spacial score (nSPS) is 20.1. The summed E-state index contributed by atoms with van der Waals surface area (Å²) in [6, 6.07) is 7.13. The van der Waals surface area contributed by atoms with Crippen LogP contribution in [0.4, 0.5) is 14.5 Å². The maximum absolute atomic E-state index is 11.9. The van der Waals surface area contributed by atoms with Gasteiger partial charge in [0.1, 0.15) is 5.75 Å². The van der Waals surface area contributed by atoms with Gasteiger partial charge in [-0.25, -0.2) is 0 Å². The molecule has 0 saturated carbocycles. The van der Waals surface area contributed by atoms with E-state index in [1.807, 2.05) is 11.8 Å². The Morgan fingerprint density at radius 1 is 1.31 bits per heavy atom. The second-order valence-electron chi connectivity index (χ2n) is 3.61. The van der Waals surface area contributed by atoms with Crippen molar-refractivity contribution in [2.24, 2.45) is 0 Å². The zero-order valence-electron chi connectivity index (χ0n) is 8.66. The highest BCUT2D eigenvalue weighted by molar-refractivity contribution is 7.99. The van der Waals surface area contributed by atoms with Crippen molar-refractivity contribution in [1.82, 2.24) is 0 Å². The van der Waals surface area contributed by atoms with E-state index in [0.29, 0.717) is 6.04 Å². The number of hydrogen-bond acceptors (Lipinski definition) is 3. The van der Waals surface area contributed by atoms with Gasteiger partial charge in [0, 0.05) is 17.5 Å². The highest BCUT2D eigenvalue weighted by Crippen LogP contribution is 2.23. The van der Waals surface area contributed by atoms with Crippen LogP contribution in [-0.4, -0.2) is 24.2 Å². The molecule has 88 valence electrons. The molecule has 0 bridgehead atoms. The van der Waals surface area contributed by atoms with Crippen molar-refractivity contribution >= 4 is 17.4 Å². The molecule has 0 radical (unpaired) electrons. The summed E-state index contributed by atoms with van der Waals surface area (Å²) in [5, 5.41) is 3.36. The van der Waals surface area contributed by atoms with E-state index in [1.54, 1.807) is 24.3 Å². The van der Waals surface area contributed by atoms with E-state index in [2.05, 4.69) is 10.1 Å². The van der Waals surface area contributed by atoms with E-state index in [9.17, 15) is 8.78 Å². The summed E-state index contributed by atoms with van der Waals surface area (Å²) >= 11 is 1.93. The molecule has 2 rings (SSSR count). The van der Waals surface area contributed by atoms with Gasteiger partial charge >= 0.3 is 6.61 Å². The number of alkyl halides is 2. The van der Waals surface area contributed by atoms with Gasteiger partial charge in [-0.05, 0) is 36.4 Å². The number of thioether (sulfide) groups is 1. The summed E-state index contributed by atoms with van der Waals surface area (Å²) in [6.45, 7) is -2.76.